The van der Waals surface area contributed by atoms with Gasteiger partial charge in [-0.25, -0.2) is 4.79 Å². The standard InChI is InChI=1S/C32H50N2O10/c1-17(2)20(11-18-9-10-33-13-18)14-34-16-32(41)29(38)27(37)28(30(39)40)44-31(32)43-22-7-8-23-25(12-22)42-15-24(26(23)36)19-3-5-21(35)6-4-19/h9-10,13,17,19-29,31,34-38,41H,3-8,11-12,14-16H2,1-2H3/p+1/t19?,20-,21?,22?,23?,24?,25?,26?,27+,28-,29-,31+,32-/m0/s1. The monoisotopic (exact) mass is 623 g/mol. The number of carboxylic acid groups (broad SMARTS) is 1. The Kier molecular flexibility index (Phi) is 11.1. The van der Waals surface area contributed by atoms with E-state index in [0.29, 0.717) is 44.2 Å². The smallest absolute Gasteiger partial charge is 0.335 e. The van der Waals surface area contributed by atoms with E-state index in [-0.39, 0.29) is 36.5 Å². The Morgan fingerprint density at radius 3 is 2.52 bits per heavy atom. The van der Waals surface area contributed by atoms with Crippen molar-refractivity contribution >= 4 is 12.2 Å². The highest BCUT2D eigenvalue weighted by Crippen LogP contribution is 2.44. The molecule has 0 aromatic carbocycles. The summed E-state index contributed by atoms with van der Waals surface area (Å²) in [5, 5.41) is 67.5. The molecule has 0 aromatic heterocycles. The molecular weight excluding hydrogens is 572 g/mol. The zero-order valence-corrected chi connectivity index (χ0v) is 25.8. The van der Waals surface area contributed by atoms with Crippen LogP contribution in [0.5, 0.6) is 0 Å². The van der Waals surface area contributed by atoms with E-state index in [2.05, 4.69) is 24.2 Å². The van der Waals surface area contributed by atoms with Gasteiger partial charge in [0.1, 0.15) is 24.3 Å². The molecular formula is C32H51N2O10+. The Balaban J connectivity index is 1.22. The maximum atomic E-state index is 11.9. The van der Waals surface area contributed by atoms with Crippen molar-refractivity contribution in [1.82, 2.24) is 5.32 Å². The summed E-state index contributed by atoms with van der Waals surface area (Å²) in [7, 11) is 0. The quantitative estimate of drug-likeness (QED) is 0.161. The molecule has 5 aliphatic rings. The lowest BCUT2D eigenvalue weighted by Gasteiger charge is -2.50. The fourth-order valence-corrected chi connectivity index (χ4v) is 7.81. The average Bonchev–Trinajstić information content (AvgIpc) is 3.51. The molecule has 0 aromatic rings. The predicted octanol–water partition coefficient (Wildman–Crippen LogP) is 0.786. The van der Waals surface area contributed by atoms with Crippen LogP contribution in [-0.2, 0) is 19.0 Å². The maximum Gasteiger partial charge on any atom is 0.335 e. The van der Waals surface area contributed by atoms with Crippen LogP contribution in [0.25, 0.3) is 0 Å². The molecule has 12 heteroatoms. The molecule has 0 radical (unpaired) electrons. The van der Waals surface area contributed by atoms with E-state index in [1.165, 1.54) is 0 Å². The third-order valence-corrected chi connectivity index (χ3v) is 10.8. The van der Waals surface area contributed by atoms with Gasteiger partial charge in [0.2, 0.25) is 0 Å². The number of aliphatic hydroxyl groups excluding tert-OH is 4. The lowest BCUT2D eigenvalue weighted by atomic mass is 9.69. The fourth-order valence-electron chi connectivity index (χ4n) is 7.81. The van der Waals surface area contributed by atoms with Crippen molar-refractivity contribution in [1.29, 1.82) is 0 Å². The molecule has 0 amide bonds. The molecule has 2 saturated heterocycles. The molecule has 2 aliphatic carbocycles. The van der Waals surface area contributed by atoms with Gasteiger partial charge in [-0.3, -0.25) is 0 Å². The van der Waals surface area contributed by atoms with E-state index < -0.39 is 48.4 Å². The van der Waals surface area contributed by atoms with Crippen LogP contribution >= 0.6 is 0 Å². The van der Waals surface area contributed by atoms with Gasteiger partial charge in [0.05, 0.1) is 37.1 Å². The minimum atomic E-state index is -2.13. The highest BCUT2D eigenvalue weighted by atomic mass is 16.7. The number of ether oxygens (including phenoxy) is 3. The van der Waals surface area contributed by atoms with Gasteiger partial charge in [-0.1, -0.05) is 13.8 Å². The van der Waals surface area contributed by atoms with Crippen LogP contribution in [0.4, 0.5) is 0 Å². The first-order valence-electron chi connectivity index (χ1n) is 16.3. The third kappa shape index (κ3) is 7.34. The van der Waals surface area contributed by atoms with Gasteiger partial charge < -0.3 is 50.2 Å². The summed E-state index contributed by atoms with van der Waals surface area (Å²) < 4.78 is 18.2. The zero-order chi connectivity index (χ0) is 31.6. The molecule has 3 heterocycles. The number of nitrogens with zero attached hydrogens (tertiary/aromatic N) is 1. The van der Waals surface area contributed by atoms with Gasteiger partial charge in [0.25, 0.3) is 0 Å². The molecule has 248 valence electrons. The molecule has 11 atom stereocenters. The molecule has 12 nitrogen and oxygen atoms in total. The minimum Gasteiger partial charge on any atom is -0.479 e. The Hall–Kier alpha value is -1.61. The van der Waals surface area contributed by atoms with Crippen LogP contribution in [0, 0.1) is 36.1 Å². The number of nitrogens with one attached hydrogen (secondary N) is 1. The summed E-state index contributed by atoms with van der Waals surface area (Å²) >= 11 is 0. The zero-order valence-electron chi connectivity index (χ0n) is 25.8. The highest BCUT2D eigenvalue weighted by molar-refractivity contribution is 5.81. The highest BCUT2D eigenvalue weighted by Gasteiger charge is 2.58. The molecule has 0 bridgehead atoms. The van der Waals surface area contributed by atoms with Crippen molar-refractivity contribution in [3.8, 4) is 0 Å². The van der Waals surface area contributed by atoms with Crippen molar-refractivity contribution in [3.63, 3.8) is 0 Å². The molecule has 3 aliphatic heterocycles. The van der Waals surface area contributed by atoms with Crippen LogP contribution < -0.4 is 5.32 Å². The number of carbonyl (C=O) groups is 1. The molecule has 44 heavy (non-hydrogen) atoms. The fraction of sp³-hybridized carbons (Fsp3) is 0.844. The number of rotatable bonds is 11. The summed E-state index contributed by atoms with van der Waals surface area (Å²) in [6.07, 6.45) is 0.827. The number of allylic oxidation sites excluding steroid dienone is 1. The van der Waals surface area contributed by atoms with Crippen LogP contribution in [0.3, 0.4) is 0 Å². The van der Waals surface area contributed by atoms with E-state index in [9.17, 15) is 35.4 Å². The Bertz CT molecular complexity index is 1030. The molecule has 2 saturated carbocycles. The van der Waals surface area contributed by atoms with E-state index in [1.54, 1.807) is 6.54 Å². The number of fused-ring (bicyclic) bond motifs is 1. The second-order valence-electron chi connectivity index (χ2n) is 14.0. The summed E-state index contributed by atoms with van der Waals surface area (Å²) in [6.45, 7) is 6.67. The van der Waals surface area contributed by atoms with E-state index >= 15 is 0 Å². The first kappa shape index (κ1) is 33.7. The molecule has 7 N–H and O–H groups in total. The van der Waals surface area contributed by atoms with Crippen LogP contribution in [0.2, 0.25) is 0 Å². The molecule has 0 spiro atoms. The Labute approximate surface area is 259 Å². The van der Waals surface area contributed by atoms with Crippen molar-refractivity contribution in [2.24, 2.45) is 34.6 Å². The SMILES string of the molecule is CC(C)[C@H](CNC[C@@]1(O)[C@H](OC2CCC3C(C2)OCC(C2CCC(O)CC2)C3O)O[C@H](C(=O)O)[C@@H](O)[C@@H]1O)CC1=C[CH+]N=C1. The normalized spacial score (nSPS) is 43.3. The van der Waals surface area contributed by atoms with Crippen molar-refractivity contribution in [3.05, 3.63) is 18.2 Å². The minimum absolute atomic E-state index is 0.0251. The number of aliphatic imine (C=N–C) groups is 1. The van der Waals surface area contributed by atoms with Gasteiger partial charge in [-0.15, -0.1) is 4.99 Å². The summed E-state index contributed by atoms with van der Waals surface area (Å²) in [5.74, 6) is -0.701. The van der Waals surface area contributed by atoms with Crippen molar-refractivity contribution < 1.29 is 49.6 Å². The Morgan fingerprint density at radius 1 is 1.11 bits per heavy atom. The van der Waals surface area contributed by atoms with Crippen molar-refractivity contribution in [2.75, 3.05) is 19.7 Å². The topological polar surface area (TPSA) is 191 Å². The van der Waals surface area contributed by atoms with E-state index in [1.807, 2.05) is 12.3 Å². The summed E-state index contributed by atoms with van der Waals surface area (Å²) in [5.41, 5.74) is -1.03. The van der Waals surface area contributed by atoms with Crippen LogP contribution in [0.15, 0.2) is 16.6 Å². The maximum absolute atomic E-state index is 11.9. The third-order valence-electron chi connectivity index (χ3n) is 10.8. The number of carboxylic acids is 1. The first-order chi connectivity index (χ1) is 21.0. The second kappa shape index (κ2) is 14.4. The molecule has 5 rings (SSSR count). The number of aliphatic hydroxyl groups is 5. The summed E-state index contributed by atoms with van der Waals surface area (Å²) in [6, 6.07) is 0. The lowest BCUT2D eigenvalue weighted by Crippen LogP contribution is -2.71. The van der Waals surface area contributed by atoms with Gasteiger partial charge >= 0.3 is 5.97 Å². The lowest BCUT2D eigenvalue weighted by molar-refractivity contribution is -0.345. The number of hydrogen-bond donors (Lipinski definition) is 7. The number of aliphatic carboxylic acids is 1. The molecule has 5 unspecified atom stereocenters. The van der Waals surface area contributed by atoms with Gasteiger partial charge in [-0.05, 0) is 62.8 Å². The van der Waals surface area contributed by atoms with Crippen LogP contribution in [-0.4, -0.2) is 117 Å². The first-order valence-corrected chi connectivity index (χ1v) is 16.3. The average molecular weight is 624 g/mol. The van der Waals surface area contributed by atoms with Crippen LogP contribution in [0.1, 0.15) is 65.2 Å². The predicted molar refractivity (Wildman–Crippen MR) is 159 cm³/mol. The van der Waals surface area contributed by atoms with E-state index in [4.69, 9.17) is 14.2 Å². The second-order valence-corrected chi connectivity index (χ2v) is 14.0. The Morgan fingerprint density at radius 2 is 1.86 bits per heavy atom. The van der Waals surface area contributed by atoms with Gasteiger partial charge in [-0.2, -0.15) is 0 Å². The summed E-state index contributed by atoms with van der Waals surface area (Å²) in [4.78, 5) is 16.0. The largest absolute Gasteiger partial charge is 0.479 e. The van der Waals surface area contributed by atoms with E-state index in [0.717, 1.165) is 37.7 Å². The molecule has 4 fully saturated rings. The van der Waals surface area contributed by atoms with Gasteiger partial charge in [0, 0.05) is 31.2 Å². The number of hydrogen-bond acceptors (Lipinski definition) is 11. The van der Waals surface area contributed by atoms with Gasteiger partial charge in [0.15, 0.2) is 24.2 Å². The van der Waals surface area contributed by atoms with Crippen molar-refractivity contribution in [2.45, 2.75) is 120 Å².